The molecule has 2 aliphatic rings. The SMILES string of the molecule is C.CN1C(=O)CCC1=O.CN1C(=O)N(C)C(C)(C)C1=O. The Morgan fingerprint density at radius 2 is 1.25 bits per heavy atom. The third-order valence-electron chi connectivity index (χ3n) is 3.54. The number of carbonyl (C=O) groups excluding carboxylic acids is 4. The zero-order chi connectivity index (χ0) is 15.0. The van der Waals surface area contributed by atoms with Crippen LogP contribution in [0.1, 0.15) is 34.1 Å². The van der Waals surface area contributed by atoms with Gasteiger partial charge in [-0.05, 0) is 13.8 Å². The standard InChI is InChI=1S/C7H12N2O2.C5H7NO2.CH4/c1-7(2)5(10)8(3)6(11)9(7)4;1-6-4(7)2-3-5(6)8;/h1-4H3;2-3H2,1H3;1H4. The molecule has 2 heterocycles. The Balaban J connectivity index is 0.000000359. The van der Waals surface area contributed by atoms with Crippen LogP contribution in [-0.2, 0) is 14.4 Å². The Morgan fingerprint density at radius 1 is 0.850 bits per heavy atom. The number of likely N-dealkylation sites (tertiary alicyclic amines) is 1. The number of hydrogen-bond acceptors (Lipinski definition) is 4. The summed E-state index contributed by atoms with van der Waals surface area (Å²) in [5.41, 5.74) is -0.675. The molecule has 7 heteroatoms. The minimum Gasteiger partial charge on any atom is -0.313 e. The molecule has 20 heavy (non-hydrogen) atoms. The third kappa shape index (κ3) is 2.97. The van der Waals surface area contributed by atoms with Gasteiger partial charge in [0.1, 0.15) is 5.54 Å². The molecule has 0 bridgehead atoms. The molecule has 2 fully saturated rings. The molecule has 0 aromatic rings. The molecule has 0 aromatic carbocycles. The van der Waals surface area contributed by atoms with Gasteiger partial charge in [-0.15, -0.1) is 0 Å². The molecule has 0 spiro atoms. The lowest BCUT2D eigenvalue weighted by Gasteiger charge is -2.22. The summed E-state index contributed by atoms with van der Waals surface area (Å²) in [6, 6.07) is -0.236. The number of imide groups is 2. The van der Waals surface area contributed by atoms with Gasteiger partial charge in [-0.2, -0.15) is 0 Å². The number of hydrogen-bond donors (Lipinski definition) is 0. The van der Waals surface area contributed by atoms with Gasteiger partial charge in [0.05, 0.1) is 0 Å². The van der Waals surface area contributed by atoms with Crippen molar-refractivity contribution in [2.45, 2.75) is 39.7 Å². The maximum absolute atomic E-state index is 11.3. The monoisotopic (exact) mass is 285 g/mol. The van der Waals surface area contributed by atoms with Crippen LogP contribution in [0.2, 0.25) is 0 Å². The first-order chi connectivity index (χ1) is 8.60. The van der Waals surface area contributed by atoms with Crippen LogP contribution in [0.15, 0.2) is 0 Å². The molecule has 2 aliphatic heterocycles. The van der Waals surface area contributed by atoms with E-state index in [0.717, 1.165) is 4.90 Å². The van der Waals surface area contributed by atoms with Gasteiger partial charge in [-0.25, -0.2) is 4.79 Å². The lowest BCUT2D eigenvalue weighted by molar-refractivity contribution is -0.136. The third-order valence-corrected chi connectivity index (χ3v) is 3.54. The van der Waals surface area contributed by atoms with Crippen molar-refractivity contribution in [3.8, 4) is 0 Å². The van der Waals surface area contributed by atoms with Crippen LogP contribution in [-0.4, -0.2) is 65.1 Å². The van der Waals surface area contributed by atoms with Crippen LogP contribution in [0.5, 0.6) is 0 Å². The second kappa shape index (κ2) is 6.02. The highest BCUT2D eigenvalue weighted by Crippen LogP contribution is 2.23. The molecule has 0 unspecified atom stereocenters. The van der Waals surface area contributed by atoms with Gasteiger partial charge >= 0.3 is 6.03 Å². The quantitative estimate of drug-likeness (QED) is 0.484. The molecular weight excluding hydrogens is 262 g/mol. The van der Waals surface area contributed by atoms with Crippen LogP contribution >= 0.6 is 0 Å². The Kier molecular flexibility index (Phi) is 5.44. The number of nitrogens with zero attached hydrogens (tertiary/aromatic N) is 3. The van der Waals surface area contributed by atoms with Gasteiger partial charge in [0.2, 0.25) is 11.8 Å². The van der Waals surface area contributed by atoms with E-state index < -0.39 is 5.54 Å². The Morgan fingerprint density at radius 3 is 1.35 bits per heavy atom. The van der Waals surface area contributed by atoms with E-state index in [9.17, 15) is 19.2 Å². The minimum atomic E-state index is -0.675. The summed E-state index contributed by atoms with van der Waals surface area (Å²) in [5.74, 6) is -0.269. The molecule has 2 rings (SSSR count). The molecule has 0 N–H and O–H groups in total. The lowest BCUT2D eigenvalue weighted by atomic mass is 10.1. The first-order valence-corrected chi connectivity index (χ1v) is 5.96. The van der Waals surface area contributed by atoms with Crippen molar-refractivity contribution >= 4 is 23.8 Å². The fourth-order valence-corrected chi connectivity index (χ4v) is 1.79. The second-order valence-electron chi connectivity index (χ2n) is 5.11. The summed E-state index contributed by atoms with van der Waals surface area (Å²) in [4.78, 5) is 47.2. The number of rotatable bonds is 0. The summed E-state index contributed by atoms with van der Waals surface area (Å²) in [7, 11) is 4.64. The molecule has 2 saturated heterocycles. The highest BCUT2D eigenvalue weighted by atomic mass is 16.2. The Labute approximate surface area is 119 Å². The summed E-state index contributed by atoms with van der Waals surface area (Å²) in [6.45, 7) is 3.47. The Hall–Kier alpha value is -1.92. The topological polar surface area (TPSA) is 78.0 Å². The molecule has 0 radical (unpaired) electrons. The smallest absolute Gasteiger partial charge is 0.313 e. The number of amides is 5. The number of likely N-dealkylation sites (N-methyl/N-ethyl adjacent to an activating group) is 2. The van der Waals surface area contributed by atoms with Gasteiger partial charge in [0, 0.05) is 34.0 Å². The van der Waals surface area contributed by atoms with Gasteiger partial charge in [-0.1, -0.05) is 7.43 Å². The Bertz CT molecular complexity index is 429. The lowest BCUT2D eigenvalue weighted by Crippen LogP contribution is -2.41. The van der Waals surface area contributed by atoms with E-state index in [1.54, 1.807) is 20.9 Å². The fourth-order valence-electron chi connectivity index (χ4n) is 1.79. The van der Waals surface area contributed by atoms with E-state index in [0.29, 0.717) is 12.8 Å². The van der Waals surface area contributed by atoms with Crippen molar-refractivity contribution in [2.24, 2.45) is 0 Å². The summed E-state index contributed by atoms with van der Waals surface area (Å²) in [5, 5.41) is 0. The van der Waals surface area contributed by atoms with Crippen molar-refractivity contribution in [1.29, 1.82) is 0 Å². The van der Waals surface area contributed by atoms with Crippen molar-refractivity contribution < 1.29 is 19.2 Å². The van der Waals surface area contributed by atoms with Crippen LogP contribution in [0.25, 0.3) is 0 Å². The predicted octanol–water partition coefficient (Wildman–Crippen LogP) is 0.690. The highest BCUT2D eigenvalue weighted by Gasteiger charge is 2.47. The van der Waals surface area contributed by atoms with Gasteiger partial charge in [0.25, 0.3) is 5.91 Å². The number of carbonyl (C=O) groups is 4. The van der Waals surface area contributed by atoms with E-state index in [4.69, 9.17) is 0 Å². The summed E-state index contributed by atoms with van der Waals surface area (Å²) < 4.78 is 0. The molecule has 0 aliphatic carbocycles. The van der Waals surface area contributed by atoms with E-state index in [-0.39, 0.29) is 31.2 Å². The molecule has 0 aromatic heterocycles. The second-order valence-corrected chi connectivity index (χ2v) is 5.11. The molecule has 0 atom stereocenters. The van der Waals surface area contributed by atoms with Crippen LogP contribution in [0, 0.1) is 0 Å². The summed E-state index contributed by atoms with van der Waals surface area (Å²) in [6.07, 6.45) is 0.796. The van der Waals surface area contributed by atoms with E-state index >= 15 is 0 Å². The van der Waals surface area contributed by atoms with Gasteiger partial charge < -0.3 is 4.90 Å². The summed E-state index contributed by atoms with van der Waals surface area (Å²) >= 11 is 0. The predicted molar refractivity (Wildman–Crippen MR) is 73.8 cm³/mol. The van der Waals surface area contributed by atoms with Crippen molar-refractivity contribution in [1.82, 2.24) is 14.7 Å². The molecule has 5 amide bonds. The zero-order valence-corrected chi connectivity index (χ0v) is 11.9. The minimum absolute atomic E-state index is 0. The van der Waals surface area contributed by atoms with E-state index in [1.807, 2.05) is 0 Å². The van der Waals surface area contributed by atoms with E-state index in [1.165, 1.54) is 23.9 Å². The van der Waals surface area contributed by atoms with Crippen LogP contribution < -0.4 is 0 Å². The largest absolute Gasteiger partial charge is 0.327 e. The van der Waals surface area contributed by atoms with Crippen LogP contribution in [0.3, 0.4) is 0 Å². The first-order valence-electron chi connectivity index (χ1n) is 5.96. The normalized spacial score (nSPS) is 20.9. The van der Waals surface area contributed by atoms with Crippen molar-refractivity contribution in [3.63, 3.8) is 0 Å². The molecular formula is C13H23N3O4. The fraction of sp³-hybridized carbons (Fsp3) is 0.692. The zero-order valence-electron chi connectivity index (χ0n) is 11.9. The van der Waals surface area contributed by atoms with Gasteiger partial charge in [-0.3, -0.25) is 24.2 Å². The van der Waals surface area contributed by atoms with E-state index in [2.05, 4.69) is 0 Å². The van der Waals surface area contributed by atoms with Gasteiger partial charge in [0.15, 0.2) is 0 Å². The maximum atomic E-state index is 11.3. The first kappa shape index (κ1) is 18.1. The molecule has 114 valence electrons. The number of urea groups is 1. The average Bonchev–Trinajstić information content (AvgIpc) is 2.72. The van der Waals surface area contributed by atoms with Crippen molar-refractivity contribution in [3.05, 3.63) is 0 Å². The molecule has 0 saturated carbocycles. The highest BCUT2D eigenvalue weighted by molar-refractivity contribution is 6.06. The van der Waals surface area contributed by atoms with Crippen LogP contribution in [0.4, 0.5) is 4.79 Å². The maximum Gasteiger partial charge on any atom is 0.327 e. The average molecular weight is 285 g/mol. The molecule has 7 nitrogen and oxygen atoms in total. The van der Waals surface area contributed by atoms with Crippen molar-refractivity contribution in [2.75, 3.05) is 21.1 Å².